The van der Waals surface area contributed by atoms with Gasteiger partial charge in [0.25, 0.3) is 0 Å². The van der Waals surface area contributed by atoms with Crippen LogP contribution < -0.4 is 21.5 Å². The van der Waals surface area contributed by atoms with Crippen LogP contribution >= 0.6 is 0 Å². The highest BCUT2D eigenvalue weighted by atomic mass is 16.2. The Morgan fingerprint density at radius 1 is 1.25 bits per heavy atom. The molecule has 0 saturated heterocycles. The van der Waals surface area contributed by atoms with E-state index in [1.165, 1.54) is 0 Å². The number of rotatable bonds is 4. The van der Waals surface area contributed by atoms with Crippen molar-refractivity contribution < 1.29 is 4.79 Å². The lowest BCUT2D eigenvalue weighted by Gasteiger charge is -2.21. The van der Waals surface area contributed by atoms with E-state index in [0.29, 0.717) is 0 Å². The lowest BCUT2D eigenvalue weighted by molar-refractivity contribution is 0.252. The fourth-order valence-corrected chi connectivity index (χ4v) is 1.51. The average molecular weight is 222 g/mol. The Balaban J connectivity index is 2.70. The second-order valence-corrected chi connectivity index (χ2v) is 3.32. The zero-order chi connectivity index (χ0) is 12.0. The number of hydrogen-bond acceptors (Lipinski definition) is 3. The number of nitrogens with zero attached hydrogens (tertiary/aromatic N) is 1. The second kappa shape index (κ2) is 5.97. The Bertz CT molecular complexity index is 332. The number of hydrogen-bond donors (Lipinski definition) is 3. The molecule has 4 N–H and O–H groups in total. The molecule has 5 heteroatoms. The molecule has 1 aromatic carbocycles. The smallest absolute Gasteiger partial charge is 0.333 e. The molecule has 0 aromatic heterocycles. The first-order chi connectivity index (χ1) is 7.71. The summed E-state index contributed by atoms with van der Waals surface area (Å²) in [6, 6.07) is 7.22. The molecule has 88 valence electrons. The Morgan fingerprint density at radius 2 is 1.81 bits per heavy atom. The minimum atomic E-state index is -0.421. The van der Waals surface area contributed by atoms with Gasteiger partial charge < -0.3 is 10.2 Å². The molecule has 0 aliphatic rings. The number of urea groups is 1. The third kappa shape index (κ3) is 3.13. The number of carbonyl (C=O) groups excluding carboxylic acids is 1. The summed E-state index contributed by atoms with van der Waals surface area (Å²) in [6.45, 7) is 6.15. The maximum atomic E-state index is 11.0. The highest BCUT2D eigenvalue weighted by molar-refractivity contribution is 5.88. The van der Waals surface area contributed by atoms with E-state index < -0.39 is 6.03 Å². The van der Waals surface area contributed by atoms with Crippen molar-refractivity contribution in [2.45, 2.75) is 13.8 Å². The molecule has 0 bridgehead atoms. The Hall–Kier alpha value is -1.75. The Labute approximate surface area is 95.6 Å². The maximum absolute atomic E-state index is 11.0. The van der Waals surface area contributed by atoms with E-state index in [4.69, 9.17) is 5.84 Å². The maximum Gasteiger partial charge on any atom is 0.333 e. The third-order valence-corrected chi connectivity index (χ3v) is 2.38. The monoisotopic (exact) mass is 222 g/mol. The van der Waals surface area contributed by atoms with Gasteiger partial charge in [-0.15, -0.1) is 0 Å². The van der Waals surface area contributed by atoms with Crippen molar-refractivity contribution in [2.75, 3.05) is 23.3 Å². The first kappa shape index (κ1) is 12.3. The SMILES string of the molecule is CCN(CC)c1ccc(NC(=O)NN)cc1. The van der Waals surface area contributed by atoms with Crippen LogP contribution in [0.4, 0.5) is 16.2 Å². The summed E-state index contributed by atoms with van der Waals surface area (Å²) in [7, 11) is 0. The van der Waals surface area contributed by atoms with Crippen molar-refractivity contribution in [2.24, 2.45) is 5.84 Å². The van der Waals surface area contributed by atoms with Crippen LogP contribution in [0.3, 0.4) is 0 Å². The van der Waals surface area contributed by atoms with Gasteiger partial charge in [-0.1, -0.05) is 0 Å². The summed E-state index contributed by atoms with van der Waals surface area (Å²) >= 11 is 0. The van der Waals surface area contributed by atoms with Gasteiger partial charge in [-0.05, 0) is 38.1 Å². The standard InChI is InChI=1S/C11H18N4O/c1-3-15(4-2)10-7-5-9(6-8-10)13-11(16)14-12/h5-8H,3-4,12H2,1-2H3,(H2,13,14,16). The fourth-order valence-electron chi connectivity index (χ4n) is 1.51. The minimum absolute atomic E-state index is 0.421. The highest BCUT2D eigenvalue weighted by Gasteiger charge is 2.02. The number of benzene rings is 1. The topological polar surface area (TPSA) is 70.4 Å². The molecule has 0 saturated carbocycles. The summed E-state index contributed by atoms with van der Waals surface area (Å²) in [5, 5.41) is 2.60. The molecule has 16 heavy (non-hydrogen) atoms. The summed E-state index contributed by atoms with van der Waals surface area (Å²) < 4.78 is 0. The van der Waals surface area contributed by atoms with E-state index in [-0.39, 0.29) is 0 Å². The number of nitrogens with two attached hydrogens (primary N) is 1. The van der Waals surface area contributed by atoms with Crippen molar-refractivity contribution >= 4 is 17.4 Å². The molecule has 0 spiro atoms. The van der Waals surface area contributed by atoms with Gasteiger partial charge in [0, 0.05) is 24.5 Å². The molecule has 0 aliphatic heterocycles. The quantitative estimate of drug-likeness (QED) is 0.411. The van der Waals surface area contributed by atoms with Crippen LogP contribution in [0.15, 0.2) is 24.3 Å². The molecule has 1 rings (SSSR count). The average Bonchev–Trinajstić information content (AvgIpc) is 2.32. The largest absolute Gasteiger partial charge is 0.372 e. The summed E-state index contributed by atoms with van der Waals surface area (Å²) in [6.07, 6.45) is 0. The first-order valence-electron chi connectivity index (χ1n) is 5.33. The van der Waals surface area contributed by atoms with Gasteiger partial charge in [-0.3, -0.25) is 5.43 Å². The number of anilines is 2. The molecule has 0 atom stereocenters. The van der Waals surface area contributed by atoms with Crippen LogP contribution in [0.25, 0.3) is 0 Å². The second-order valence-electron chi connectivity index (χ2n) is 3.32. The van der Waals surface area contributed by atoms with Crippen molar-refractivity contribution in [3.05, 3.63) is 24.3 Å². The van der Waals surface area contributed by atoms with E-state index in [1.54, 1.807) is 0 Å². The Kier molecular flexibility index (Phi) is 4.60. The Morgan fingerprint density at radius 3 is 2.25 bits per heavy atom. The van der Waals surface area contributed by atoms with Gasteiger partial charge in [0.1, 0.15) is 0 Å². The number of nitrogens with one attached hydrogen (secondary N) is 2. The zero-order valence-electron chi connectivity index (χ0n) is 9.66. The van der Waals surface area contributed by atoms with Crippen LogP contribution in [-0.2, 0) is 0 Å². The molecule has 0 aliphatic carbocycles. The highest BCUT2D eigenvalue weighted by Crippen LogP contribution is 2.17. The first-order valence-corrected chi connectivity index (χ1v) is 5.33. The number of carbonyl (C=O) groups is 1. The fraction of sp³-hybridized carbons (Fsp3) is 0.364. The van der Waals surface area contributed by atoms with Gasteiger partial charge in [-0.25, -0.2) is 10.6 Å². The lowest BCUT2D eigenvalue weighted by atomic mass is 10.2. The molecule has 0 fully saturated rings. The number of hydrazine groups is 1. The molecule has 1 aromatic rings. The zero-order valence-corrected chi connectivity index (χ0v) is 9.66. The molecular weight excluding hydrogens is 204 g/mol. The third-order valence-electron chi connectivity index (χ3n) is 2.38. The predicted octanol–water partition coefficient (Wildman–Crippen LogP) is 1.53. The van der Waals surface area contributed by atoms with Crippen LogP contribution in [0.1, 0.15) is 13.8 Å². The van der Waals surface area contributed by atoms with Crippen molar-refractivity contribution in [1.29, 1.82) is 0 Å². The van der Waals surface area contributed by atoms with Crippen LogP contribution in [-0.4, -0.2) is 19.1 Å². The summed E-state index contributed by atoms with van der Waals surface area (Å²) in [5.74, 6) is 4.97. The van der Waals surface area contributed by atoms with Gasteiger partial charge in [0.05, 0.1) is 0 Å². The van der Waals surface area contributed by atoms with E-state index in [1.807, 2.05) is 29.7 Å². The van der Waals surface area contributed by atoms with Crippen LogP contribution in [0, 0.1) is 0 Å². The van der Waals surface area contributed by atoms with Gasteiger partial charge in [0.15, 0.2) is 0 Å². The molecule has 0 radical (unpaired) electrons. The minimum Gasteiger partial charge on any atom is -0.372 e. The summed E-state index contributed by atoms with van der Waals surface area (Å²) in [5.41, 5.74) is 3.88. The summed E-state index contributed by atoms with van der Waals surface area (Å²) in [4.78, 5) is 13.2. The molecule has 0 unspecified atom stereocenters. The lowest BCUT2D eigenvalue weighted by Crippen LogP contribution is -2.34. The van der Waals surface area contributed by atoms with Crippen molar-refractivity contribution in [3.63, 3.8) is 0 Å². The van der Waals surface area contributed by atoms with Gasteiger partial charge in [-0.2, -0.15) is 0 Å². The van der Waals surface area contributed by atoms with E-state index >= 15 is 0 Å². The van der Waals surface area contributed by atoms with E-state index in [0.717, 1.165) is 24.5 Å². The van der Waals surface area contributed by atoms with Gasteiger partial charge in [0.2, 0.25) is 0 Å². The van der Waals surface area contributed by atoms with Crippen molar-refractivity contribution in [1.82, 2.24) is 5.43 Å². The number of amides is 2. The van der Waals surface area contributed by atoms with E-state index in [2.05, 4.69) is 24.1 Å². The van der Waals surface area contributed by atoms with Gasteiger partial charge >= 0.3 is 6.03 Å². The molecule has 5 nitrogen and oxygen atoms in total. The van der Waals surface area contributed by atoms with Crippen molar-refractivity contribution in [3.8, 4) is 0 Å². The molecule has 0 heterocycles. The van der Waals surface area contributed by atoms with E-state index in [9.17, 15) is 4.79 Å². The van der Waals surface area contributed by atoms with Crippen LogP contribution in [0.5, 0.6) is 0 Å². The molecular formula is C11H18N4O. The van der Waals surface area contributed by atoms with Crippen LogP contribution in [0.2, 0.25) is 0 Å². The normalized spacial score (nSPS) is 9.69. The molecule has 2 amide bonds. The predicted molar refractivity (Wildman–Crippen MR) is 66.3 cm³/mol.